The normalized spacial score (nSPS) is 24.3. The van der Waals surface area contributed by atoms with E-state index in [4.69, 9.17) is 28.6 Å². The van der Waals surface area contributed by atoms with Crippen molar-refractivity contribution in [1.29, 1.82) is 0 Å². The lowest BCUT2D eigenvalue weighted by molar-refractivity contribution is 0.0923. The lowest BCUT2D eigenvalue weighted by Crippen LogP contribution is -2.51. The Morgan fingerprint density at radius 1 is 1.35 bits per heavy atom. The maximum atomic E-state index is 12.6. The number of benzene rings is 1. The number of hydrogen-bond acceptors (Lipinski definition) is 4. The molecule has 0 radical (unpaired) electrons. The van der Waals surface area contributed by atoms with Crippen molar-refractivity contribution < 1.29 is 9.53 Å². The Balaban J connectivity index is 1.52. The summed E-state index contributed by atoms with van der Waals surface area (Å²) in [5.74, 6) is 0.628. The Labute approximate surface area is 162 Å². The van der Waals surface area contributed by atoms with Gasteiger partial charge in [-0.15, -0.1) is 0 Å². The Morgan fingerprint density at radius 3 is 2.96 bits per heavy atom. The van der Waals surface area contributed by atoms with E-state index in [9.17, 15) is 4.79 Å². The number of para-hydroxylation sites is 1. The lowest BCUT2D eigenvalue weighted by Gasteiger charge is -2.30. The van der Waals surface area contributed by atoms with Gasteiger partial charge in [-0.2, -0.15) is 0 Å². The highest BCUT2D eigenvalue weighted by Gasteiger charge is 2.45. The monoisotopic (exact) mass is 387 g/mol. The largest absolute Gasteiger partial charge is 0.491 e. The third kappa shape index (κ3) is 2.93. The minimum absolute atomic E-state index is 0.0849. The van der Waals surface area contributed by atoms with E-state index in [0.29, 0.717) is 6.61 Å². The summed E-state index contributed by atoms with van der Waals surface area (Å²) in [6, 6.07) is 13.1. The minimum Gasteiger partial charge on any atom is -0.491 e. The number of aromatic nitrogens is 1. The second kappa shape index (κ2) is 6.52. The molecule has 1 amide bonds. The van der Waals surface area contributed by atoms with Crippen LogP contribution in [-0.4, -0.2) is 39.5 Å². The summed E-state index contributed by atoms with van der Waals surface area (Å²) in [6.45, 7) is 3.29. The maximum absolute atomic E-state index is 12.6. The molecule has 3 heterocycles. The van der Waals surface area contributed by atoms with E-state index in [2.05, 4.69) is 21.3 Å². The molecule has 1 aromatic carbocycles. The molecule has 1 saturated heterocycles. The van der Waals surface area contributed by atoms with Gasteiger partial charge in [-0.3, -0.25) is 4.79 Å². The zero-order chi connectivity index (χ0) is 18.3. The topological polar surface area (TPSA) is 54.5 Å². The molecule has 2 aliphatic heterocycles. The van der Waals surface area contributed by atoms with Gasteiger partial charge in [0, 0.05) is 12.1 Å². The van der Waals surface area contributed by atoms with E-state index in [-0.39, 0.29) is 22.8 Å². The number of nitrogens with one attached hydrogen (secondary N) is 1. The highest BCUT2D eigenvalue weighted by atomic mass is 35.5. The van der Waals surface area contributed by atoms with Crippen molar-refractivity contribution in [2.24, 2.45) is 0 Å². The number of thiocarbonyl (C=S) groups is 1. The first kappa shape index (κ1) is 17.2. The van der Waals surface area contributed by atoms with Crippen molar-refractivity contribution in [2.75, 3.05) is 13.2 Å². The highest BCUT2D eigenvalue weighted by Crippen LogP contribution is 2.40. The molecule has 0 spiro atoms. The average molecular weight is 388 g/mol. The van der Waals surface area contributed by atoms with E-state index in [1.54, 1.807) is 18.2 Å². The SMILES string of the molecule is C[C@]1(NC(=O)c2cccc(Cl)n2)CCN([C@@H]2COc3ccccc32)C1=S. The van der Waals surface area contributed by atoms with Gasteiger partial charge in [-0.05, 0) is 31.5 Å². The molecular weight excluding hydrogens is 370 g/mol. The Morgan fingerprint density at radius 2 is 2.15 bits per heavy atom. The molecule has 0 unspecified atom stereocenters. The van der Waals surface area contributed by atoms with E-state index in [1.807, 2.05) is 25.1 Å². The Kier molecular flexibility index (Phi) is 4.32. The summed E-state index contributed by atoms with van der Waals surface area (Å²) < 4.78 is 5.79. The van der Waals surface area contributed by atoms with E-state index in [0.717, 1.165) is 29.3 Å². The Hall–Kier alpha value is -2.18. The van der Waals surface area contributed by atoms with Crippen molar-refractivity contribution in [3.63, 3.8) is 0 Å². The predicted octanol–water partition coefficient (Wildman–Crippen LogP) is 3.39. The Bertz CT molecular complexity index is 891. The van der Waals surface area contributed by atoms with Crippen LogP contribution in [-0.2, 0) is 0 Å². The first-order valence-corrected chi connectivity index (χ1v) is 9.24. The number of carbonyl (C=O) groups excluding carboxylic acids is 1. The highest BCUT2D eigenvalue weighted by molar-refractivity contribution is 7.80. The van der Waals surface area contributed by atoms with Crippen molar-refractivity contribution in [3.8, 4) is 5.75 Å². The molecule has 1 fully saturated rings. The molecule has 2 aliphatic rings. The summed E-state index contributed by atoms with van der Waals surface area (Å²) in [5.41, 5.74) is 0.824. The number of fused-ring (bicyclic) bond motifs is 1. The standard InChI is InChI=1S/C19H18ClN3O2S/c1-19(22-17(24)13-6-4-8-16(20)21-13)9-10-23(18(19)26)14-11-25-15-7-3-2-5-12(14)15/h2-8,14H,9-11H2,1H3,(H,22,24)/t14-,19+/m1/s1. The average Bonchev–Trinajstić information content (AvgIpc) is 3.17. The van der Waals surface area contributed by atoms with E-state index >= 15 is 0 Å². The molecule has 2 aromatic rings. The number of hydrogen-bond donors (Lipinski definition) is 1. The van der Waals surface area contributed by atoms with Gasteiger partial charge in [-0.25, -0.2) is 4.98 Å². The lowest BCUT2D eigenvalue weighted by atomic mass is 10.0. The van der Waals surface area contributed by atoms with Crippen LogP contribution in [0.1, 0.15) is 35.4 Å². The van der Waals surface area contributed by atoms with Crippen molar-refractivity contribution in [3.05, 3.63) is 58.9 Å². The third-order valence-corrected chi connectivity index (χ3v) is 5.87. The van der Waals surface area contributed by atoms with Crippen LogP contribution in [0.25, 0.3) is 0 Å². The van der Waals surface area contributed by atoms with Crippen molar-refractivity contribution in [1.82, 2.24) is 15.2 Å². The van der Waals surface area contributed by atoms with Crippen LogP contribution in [0.15, 0.2) is 42.5 Å². The maximum Gasteiger partial charge on any atom is 0.270 e. The molecule has 4 rings (SSSR count). The van der Waals surface area contributed by atoms with E-state index < -0.39 is 5.54 Å². The van der Waals surface area contributed by atoms with Crippen LogP contribution >= 0.6 is 23.8 Å². The number of nitrogens with zero attached hydrogens (tertiary/aromatic N) is 2. The number of ether oxygens (including phenoxy) is 1. The second-order valence-electron chi connectivity index (χ2n) is 6.74. The quantitative estimate of drug-likeness (QED) is 0.646. The first-order chi connectivity index (χ1) is 12.5. The summed E-state index contributed by atoms with van der Waals surface area (Å²) in [5, 5.41) is 3.33. The van der Waals surface area contributed by atoms with Gasteiger partial charge >= 0.3 is 0 Å². The van der Waals surface area contributed by atoms with Gasteiger partial charge < -0.3 is 15.0 Å². The van der Waals surface area contributed by atoms with Crippen molar-refractivity contribution in [2.45, 2.75) is 24.9 Å². The van der Waals surface area contributed by atoms with Crippen LogP contribution in [0.3, 0.4) is 0 Å². The molecule has 7 heteroatoms. The number of carbonyl (C=O) groups is 1. The summed E-state index contributed by atoms with van der Waals surface area (Å²) >= 11 is 11.6. The molecule has 134 valence electrons. The summed E-state index contributed by atoms with van der Waals surface area (Å²) in [7, 11) is 0. The third-order valence-electron chi connectivity index (χ3n) is 4.97. The molecular formula is C19H18ClN3O2S. The number of rotatable bonds is 3. The first-order valence-electron chi connectivity index (χ1n) is 8.46. The summed E-state index contributed by atoms with van der Waals surface area (Å²) in [6.07, 6.45) is 0.733. The smallest absolute Gasteiger partial charge is 0.270 e. The minimum atomic E-state index is -0.603. The number of amides is 1. The molecule has 2 atom stereocenters. The molecule has 0 aliphatic carbocycles. The fourth-order valence-electron chi connectivity index (χ4n) is 3.54. The molecule has 1 N–H and O–H groups in total. The van der Waals surface area contributed by atoms with Crippen LogP contribution in [0.5, 0.6) is 5.75 Å². The van der Waals surface area contributed by atoms with Gasteiger partial charge in [0.1, 0.15) is 28.2 Å². The van der Waals surface area contributed by atoms with Gasteiger partial charge in [0.05, 0.1) is 11.6 Å². The number of pyridine rings is 1. The predicted molar refractivity (Wildman–Crippen MR) is 104 cm³/mol. The van der Waals surface area contributed by atoms with E-state index in [1.165, 1.54) is 0 Å². The number of halogens is 1. The summed E-state index contributed by atoms with van der Waals surface area (Å²) in [4.78, 5) is 19.5. The zero-order valence-corrected chi connectivity index (χ0v) is 15.8. The number of likely N-dealkylation sites (tertiary alicyclic amines) is 1. The van der Waals surface area contributed by atoms with Crippen LogP contribution in [0.2, 0.25) is 5.15 Å². The van der Waals surface area contributed by atoms with Crippen LogP contribution in [0.4, 0.5) is 0 Å². The molecule has 26 heavy (non-hydrogen) atoms. The molecule has 5 nitrogen and oxygen atoms in total. The van der Waals surface area contributed by atoms with Crippen LogP contribution in [0, 0.1) is 0 Å². The molecule has 1 aromatic heterocycles. The van der Waals surface area contributed by atoms with Gasteiger partial charge in [0.15, 0.2) is 0 Å². The second-order valence-corrected chi connectivity index (χ2v) is 7.52. The van der Waals surface area contributed by atoms with Crippen LogP contribution < -0.4 is 10.1 Å². The molecule has 0 saturated carbocycles. The fraction of sp³-hybridized carbons (Fsp3) is 0.316. The zero-order valence-electron chi connectivity index (χ0n) is 14.2. The van der Waals surface area contributed by atoms with Crippen molar-refractivity contribution >= 4 is 34.7 Å². The van der Waals surface area contributed by atoms with Gasteiger partial charge in [0.25, 0.3) is 5.91 Å². The van der Waals surface area contributed by atoms with Gasteiger partial charge in [0.2, 0.25) is 0 Å². The van der Waals surface area contributed by atoms with Gasteiger partial charge in [-0.1, -0.05) is 48.1 Å². The molecule has 0 bridgehead atoms. The fourth-order valence-corrected chi connectivity index (χ4v) is 4.07.